The molecular weight excluding hydrogens is 705 g/mol. The summed E-state index contributed by atoms with van der Waals surface area (Å²) in [5, 5.41) is 7.81. The third kappa shape index (κ3) is 4.44. The molecule has 0 nitrogen and oxygen atoms in total. The van der Waals surface area contributed by atoms with Crippen LogP contribution >= 0.6 is 11.3 Å². The van der Waals surface area contributed by atoms with Gasteiger partial charge >= 0.3 is 0 Å². The van der Waals surface area contributed by atoms with Gasteiger partial charge in [-0.3, -0.25) is 0 Å². The van der Waals surface area contributed by atoms with Gasteiger partial charge in [0.15, 0.2) is 0 Å². The van der Waals surface area contributed by atoms with E-state index in [1.54, 1.807) is 0 Å². The summed E-state index contributed by atoms with van der Waals surface area (Å²) < 4.78 is 2.67. The van der Waals surface area contributed by atoms with Crippen molar-refractivity contribution in [2.24, 2.45) is 0 Å². The molecule has 0 spiro atoms. The van der Waals surface area contributed by atoms with Crippen LogP contribution in [0.5, 0.6) is 0 Å². The summed E-state index contributed by atoms with van der Waals surface area (Å²) >= 11 is 1.92. The number of hydrogen-bond acceptors (Lipinski definition) is 1. The van der Waals surface area contributed by atoms with Crippen LogP contribution in [-0.2, 0) is 10.8 Å². The zero-order chi connectivity index (χ0) is 38.2. The second-order valence-corrected chi connectivity index (χ2v) is 18.2. The molecule has 10 aromatic rings. The average molecular weight is 745 g/mol. The standard InChI is InChI=1S/C56H40S/c1-55(2)47-24-11-8-19-42(47)53-43(21-14-25-48(53)55)52-39-18-6-5-17-38(39)51(44-22-13-20-41-37-16-9-12-26-50(37)57-54(41)44)40-30-28-33(31-45(40)52)34-27-29-36-35-15-7-10-23-46(35)56(3,4)49(36)32-34/h5-32H,1-4H3. The van der Waals surface area contributed by atoms with E-state index in [1.165, 1.54) is 120 Å². The maximum absolute atomic E-state index is 2.51. The molecule has 0 atom stereocenters. The van der Waals surface area contributed by atoms with Gasteiger partial charge in [0.25, 0.3) is 0 Å². The van der Waals surface area contributed by atoms with E-state index in [0.717, 1.165) is 0 Å². The molecule has 0 saturated carbocycles. The van der Waals surface area contributed by atoms with Crippen molar-refractivity contribution in [2.75, 3.05) is 0 Å². The molecule has 2 aliphatic carbocycles. The van der Waals surface area contributed by atoms with Crippen LogP contribution in [0, 0.1) is 0 Å². The zero-order valence-electron chi connectivity index (χ0n) is 32.6. The van der Waals surface area contributed by atoms with Gasteiger partial charge in [-0.25, -0.2) is 0 Å². The molecule has 0 amide bonds. The van der Waals surface area contributed by atoms with E-state index < -0.39 is 0 Å². The second-order valence-electron chi connectivity index (χ2n) is 17.2. The minimum Gasteiger partial charge on any atom is -0.135 e. The summed E-state index contributed by atoms with van der Waals surface area (Å²) in [7, 11) is 0. The van der Waals surface area contributed by atoms with Crippen molar-refractivity contribution in [3.8, 4) is 55.6 Å². The minimum absolute atomic E-state index is 0.0684. The highest BCUT2D eigenvalue weighted by Gasteiger charge is 2.38. The Morgan fingerprint density at radius 3 is 1.63 bits per heavy atom. The molecule has 0 unspecified atom stereocenters. The van der Waals surface area contributed by atoms with Crippen LogP contribution < -0.4 is 0 Å². The van der Waals surface area contributed by atoms with Gasteiger partial charge in [0.05, 0.1) is 0 Å². The summed E-state index contributed by atoms with van der Waals surface area (Å²) in [5.41, 5.74) is 18.6. The molecule has 57 heavy (non-hydrogen) atoms. The third-order valence-electron chi connectivity index (χ3n) is 13.5. The second kappa shape index (κ2) is 11.6. The molecule has 0 aliphatic heterocycles. The molecule has 0 bridgehead atoms. The fourth-order valence-corrected chi connectivity index (χ4v) is 12.0. The monoisotopic (exact) mass is 744 g/mol. The maximum Gasteiger partial charge on any atom is 0.0434 e. The van der Waals surface area contributed by atoms with Crippen molar-refractivity contribution in [1.82, 2.24) is 0 Å². The smallest absolute Gasteiger partial charge is 0.0434 e. The lowest BCUT2D eigenvalue weighted by atomic mass is 9.80. The Kier molecular flexibility index (Phi) is 6.72. The molecule has 9 aromatic carbocycles. The number of hydrogen-bond donors (Lipinski definition) is 0. The van der Waals surface area contributed by atoms with Crippen molar-refractivity contribution in [1.29, 1.82) is 0 Å². The first-order valence-electron chi connectivity index (χ1n) is 20.2. The van der Waals surface area contributed by atoms with Crippen LogP contribution in [0.2, 0.25) is 0 Å². The largest absolute Gasteiger partial charge is 0.135 e. The van der Waals surface area contributed by atoms with Gasteiger partial charge in [-0.15, -0.1) is 11.3 Å². The summed E-state index contributed by atoms with van der Waals surface area (Å²) in [6, 6.07) is 64.5. The molecule has 2 aliphatic rings. The van der Waals surface area contributed by atoms with Crippen LogP contribution in [0.3, 0.4) is 0 Å². The lowest BCUT2D eigenvalue weighted by Gasteiger charge is -2.23. The van der Waals surface area contributed by atoms with Crippen LogP contribution in [0.15, 0.2) is 170 Å². The lowest BCUT2D eigenvalue weighted by Crippen LogP contribution is -2.14. The van der Waals surface area contributed by atoms with Crippen molar-refractivity contribution >= 4 is 53.1 Å². The van der Waals surface area contributed by atoms with Crippen molar-refractivity contribution in [2.45, 2.75) is 38.5 Å². The van der Waals surface area contributed by atoms with Gasteiger partial charge < -0.3 is 0 Å². The first-order valence-corrected chi connectivity index (χ1v) is 21.0. The Labute approximate surface area is 337 Å². The molecule has 0 saturated heterocycles. The fraction of sp³-hybridized carbons (Fsp3) is 0.107. The van der Waals surface area contributed by atoms with Crippen molar-refractivity contribution < 1.29 is 0 Å². The molecule has 0 radical (unpaired) electrons. The number of benzene rings is 9. The molecule has 12 rings (SSSR count). The van der Waals surface area contributed by atoms with Gasteiger partial charge in [-0.05, 0) is 112 Å². The predicted molar refractivity (Wildman–Crippen MR) is 246 cm³/mol. The summed E-state index contributed by atoms with van der Waals surface area (Å²) in [5.74, 6) is 0. The van der Waals surface area contributed by atoms with Gasteiger partial charge in [0, 0.05) is 36.6 Å². The van der Waals surface area contributed by atoms with Crippen molar-refractivity contribution in [3.05, 3.63) is 192 Å². The highest BCUT2D eigenvalue weighted by molar-refractivity contribution is 7.26. The highest BCUT2D eigenvalue weighted by atomic mass is 32.1. The van der Waals surface area contributed by atoms with Gasteiger partial charge in [0.2, 0.25) is 0 Å². The van der Waals surface area contributed by atoms with Crippen molar-refractivity contribution in [3.63, 3.8) is 0 Å². The van der Waals surface area contributed by atoms with E-state index >= 15 is 0 Å². The van der Waals surface area contributed by atoms with Gasteiger partial charge in [-0.1, -0.05) is 179 Å². The summed E-state index contributed by atoms with van der Waals surface area (Å²) in [6.07, 6.45) is 0. The Hall–Kier alpha value is -6.28. The van der Waals surface area contributed by atoms with Crippen LogP contribution in [-0.4, -0.2) is 0 Å². The Balaban J connectivity index is 1.20. The summed E-state index contributed by atoms with van der Waals surface area (Å²) in [6.45, 7) is 9.53. The minimum atomic E-state index is -0.0930. The first kappa shape index (κ1) is 32.9. The van der Waals surface area contributed by atoms with E-state index in [0.29, 0.717) is 0 Å². The summed E-state index contributed by atoms with van der Waals surface area (Å²) in [4.78, 5) is 0. The predicted octanol–water partition coefficient (Wildman–Crippen LogP) is 16.0. The molecule has 0 N–H and O–H groups in total. The molecule has 1 aromatic heterocycles. The average Bonchev–Trinajstić information content (AvgIpc) is 3.83. The van der Waals surface area contributed by atoms with E-state index in [4.69, 9.17) is 0 Å². The molecular formula is C56H40S. The maximum atomic E-state index is 2.51. The number of rotatable bonds is 3. The Morgan fingerprint density at radius 1 is 0.316 bits per heavy atom. The quantitative estimate of drug-likeness (QED) is 0.158. The molecule has 1 heteroatoms. The van der Waals surface area contributed by atoms with E-state index in [1.807, 2.05) is 11.3 Å². The van der Waals surface area contributed by atoms with E-state index in [-0.39, 0.29) is 10.8 Å². The van der Waals surface area contributed by atoms with Gasteiger partial charge in [-0.2, -0.15) is 0 Å². The number of thiophene rings is 1. The zero-order valence-corrected chi connectivity index (χ0v) is 33.4. The SMILES string of the molecule is CC1(C)c2ccccc2-c2ccc(-c3ccc4c(-c5cccc6c5sc5ccccc56)c5ccccc5c(-c5cccc6c5-c5ccccc5C6(C)C)c4c3)cc21. The van der Waals surface area contributed by atoms with Gasteiger partial charge in [0.1, 0.15) is 0 Å². The van der Waals surface area contributed by atoms with Crippen LogP contribution in [0.25, 0.3) is 97.4 Å². The van der Waals surface area contributed by atoms with Crippen LogP contribution in [0.4, 0.5) is 0 Å². The number of fused-ring (bicyclic) bond motifs is 11. The fourth-order valence-electron chi connectivity index (χ4n) is 10.7. The molecule has 270 valence electrons. The molecule has 1 heterocycles. The Morgan fingerprint density at radius 2 is 0.825 bits per heavy atom. The topological polar surface area (TPSA) is 0 Å². The lowest BCUT2D eigenvalue weighted by molar-refractivity contribution is 0.660. The Bertz CT molecular complexity index is 3350. The third-order valence-corrected chi connectivity index (χ3v) is 14.7. The first-order chi connectivity index (χ1) is 27.8. The molecule has 0 fully saturated rings. The van der Waals surface area contributed by atoms with Crippen LogP contribution in [0.1, 0.15) is 49.9 Å². The van der Waals surface area contributed by atoms with E-state index in [9.17, 15) is 0 Å². The van der Waals surface area contributed by atoms with E-state index in [2.05, 4.69) is 198 Å². The highest BCUT2D eigenvalue weighted by Crippen LogP contribution is 2.56. The normalized spacial score (nSPS) is 14.6.